The number of sulfonamides is 1. The quantitative estimate of drug-likeness (QED) is 0.612. The number of ether oxygens (including phenoxy) is 1. The largest absolute Gasteiger partial charge is 0.452 e. The van der Waals surface area contributed by atoms with Crippen LogP contribution in [0.5, 0.6) is 0 Å². The van der Waals surface area contributed by atoms with E-state index < -0.39 is 34.0 Å². The second kappa shape index (κ2) is 9.71. The summed E-state index contributed by atoms with van der Waals surface area (Å²) in [5, 5.41) is 2.87. The van der Waals surface area contributed by atoms with Crippen LogP contribution in [0.2, 0.25) is 0 Å². The van der Waals surface area contributed by atoms with Crippen LogP contribution < -0.4 is 5.32 Å². The molecule has 0 aliphatic carbocycles. The van der Waals surface area contributed by atoms with Crippen molar-refractivity contribution in [3.63, 3.8) is 0 Å². The van der Waals surface area contributed by atoms with E-state index in [2.05, 4.69) is 26.1 Å². The molecule has 1 amide bonds. The van der Waals surface area contributed by atoms with E-state index in [-0.39, 0.29) is 15.9 Å². The van der Waals surface area contributed by atoms with Crippen molar-refractivity contribution < 1.29 is 22.7 Å². The number of hydrogen-bond acceptors (Lipinski definition) is 5. The van der Waals surface area contributed by atoms with E-state index in [0.29, 0.717) is 13.1 Å². The summed E-state index contributed by atoms with van der Waals surface area (Å²) >= 11 is 0. The van der Waals surface area contributed by atoms with Crippen molar-refractivity contribution in [3.05, 3.63) is 29.8 Å². The van der Waals surface area contributed by atoms with E-state index in [1.54, 1.807) is 13.8 Å². The molecule has 0 atom stereocenters. The molecule has 29 heavy (non-hydrogen) atoms. The third-order valence-electron chi connectivity index (χ3n) is 4.20. The molecule has 164 valence electrons. The Balaban J connectivity index is 2.80. The Morgan fingerprint density at radius 3 is 2.17 bits per heavy atom. The van der Waals surface area contributed by atoms with Gasteiger partial charge in [0.05, 0.1) is 10.5 Å². The van der Waals surface area contributed by atoms with E-state index in [9.17, 15) is 18.0 Å². The summed E-state index contributed by atoms with van der Waals surface area (Å²) in [5.41, 5.74) is -0.330. The van der Waals surface area contributed by atoms with Crippen molar-refractivity contribution in [2.75, 3.05) is 19.7 Å². The first-order chi connectivity index (χ1) is 13.2. The molecule has 0 heterocycles. The Kier molecular flexibility index (Phi) is 8.41. The van der Waals surface area contributed by atoms with Gasteiger partial charge in [0.2, 0.25) is 10.0 Å². The summed E-state index contributed by atoms with van der Waals surface area (Å²) in [6.45, 7) is 13.8. The van der Waals surface area contributed by atoms with Gasteiger partial charge in [-0.05, 0) is 43.9 Å². The van der Waals surface area contributed by atoms with Crippen molar-refractivity contribution in [1.82, 2.24) is 9.62 Å². The van der Waals surface area contributed by atoms with Gasteiger partial charge in [-0.1, -0.05) is 40.7 Å². The molecule has 1 N–H and O–H groups in total. The SMILES string of the molecule is CCN(CC)S(=O)(=O)c1cccc(C(=O)OCC(=O)NC(C)(C)CC(C)(C)C)c1. The number of benzene rings is 1. The van der Waals surface area contributed by atoms with Crippen LogP contribution in [0, 0.1) is 5.41 Å². The van der Waals surface area contributed by atoms with Gasteiger partial charge in [0.1, 0.15) is 0 Å². The van der Waals surface area contributed by atoms with Crippen LogP contribution in [0.15, 0.2) is 29.2 Å². The third kappa shape index (κ3) is 7.78. The molecule has 0 aliphatic heterocycles. The Hall–Kier alpha value is -1.93. The van der Waals surface area contributed by atoms with Crippen molar-refractivity contribution in [2.45, 2.75) is 65.3 Å². The average Bonchev–Trinajstić information content (AvgIpc) is 2.58. The highest BCUT2D eigenvalue weighted by Gasteiger charge is 2.27. The number of amides is 1. The molecule has 1 rings (SSSR count). The van der Waals surface area contributed by atoms with Gasteiger partial charge in [0, 0.05) is 18.6 Å². The number of nitrogens with one attached hydrogen (secondary N) is 1. The molecule has 0 saturated carbocycles. The van der Waals surface area contributed by atoms with E-state index in [1.165, 1.54) is 28.6 Å². The first-order valence-electron chi connectivity index (χ1n) is 9.80. The fourth-order valence-electron chi connectivity index (χ4n) is 3.49. The summed E-state index contributed by atoms with van der Waals surface area (Å²) in [7, 11) is -3.68. The molecule has 0 aliphatic rings. The highest BCUT2D eigenvalue weighted by atomic mass is 32.2. The van der Waals surface area contributed by atoms with Crippen molar-refractivity contribution in [3.8, 4) is 0 Å². The number of rotatable bonds is 9. The van der Waals surface area contributed by atoms with Crippen molar-refractivity contribution in [2.24, 2.45) is 5.41 Å². The van der Waals surface area contributed by atoms with Gasteiger partial charge in [-0.25, -0.2) is 13.2 Å². The van der Waals surface area contributed by atoms with E-state index in [0.717, 1.165) is 6.42 Å². The zero-order chi connectivity index (χ0) is 22.5. The molecule has 0 aromatic heterocycles. The number of carbonyl (C=O) groups excluding carboxylic acids is 2. The van der Waals surface area contributed by atoms with Crippen molar-refractivity contribution in [1.29, 1.82) is 0 Å². The molecule has 1 aromatic carbocycles. The van der Waals surface area contributed by atoms with Gasteiger partial charge in [-0.3, -0.25) is 4.79 Å². The summed E-state index contributed by atoms with van der Waals surface area (Å²) in [5.74, 6) is -1.15. The summed E-state index contributed by atoms with van der Waals surface area (Å²) in [6.07, 6.45) is 0.755. The lowest BCUT2D eigenvalue weighted by molar-refractivity contribution is -0.126. The van der Waals surface area contributed by atoms with Crippen LogP contribution in [0.4, 0.5) is 0 Å². The predicted molar refractivity (Wildman–Crippen MR) is 113 cm³/mol. The topological polar surface area (TPSA) is 92.8 Å². The van der Waals surface area contributed by atoms with Gasteiger partial charge in [-0.15, -0.1) is 0 Å². The van der Waals surface area contributed by atoms with Gasteiger partial charge >= 0.3 is 5.97 Å². The maximum absolute atomic E-state index is 12.6. The molecule has 0 fully saturated rings. The van der Waals surface area contributed by atoms with Gasteiger partial charge in [0.25, 0.3) is 5.91 Å². The molecule has 0 saturated heterocycles. The minimum Gasteiger partial charge on any atom is -0.452 e. The maximum atomic E-state index is 12.6. The first kappa shape index (κ1) is 25.1. The standard InChI is InChI=1S/C21H34N2O5S/c1-8-23(9-2)29(26,27)17-12-10-11-16(13-17)19(25)28-14-18(24)22-21(6,7)15-20(3,4)5/h10-13H,8-9,14-15H2,1-7H3,(H,22,24). The molecule has 1 aromatic rings. The lowest BCUT2D eigenvalue weighted by atomic mass is 9.82. The lowest BCUT2D eigenvalue weighted by Gasteiger charge is -2.33. The van der Waals surface area contributed by atoms with Crippen molar-refractivity contribution >= 4 is 21.9 Å². The highest BCUT2D eigenvalue weighted by molar-refractivity contribution is 7.89. The third-order valence-corrected chi connectivity index (χ3v) is 6.24. The second-order valence-corrected chi connectivity index (χ2v) is 10.8. The molecule has 7 nitrogen and oxygen atoms in total. The summed E-state index contributed by atoms with van der Waals surface area (Å²) in [4.78, 5) is 24.5. The number of esters is 1. The van der Waals surface area contributed by atoms with Gasteiger partial charge in [-0.2, -0.15) is 4.31 Å². The molecule has 0 radical (unpaired) electrons. The molecular weight excluding hydrogens is 392 g/mol. The number of nitrogens with zero attached hydrogens (tertiary/aromatic N) is 1. The number of hydrogen-bond donors (Lipinski definition) is 1. The lowest BCUT2D eigenvalue weighted by Crippen LogP contribution is -2.47. The summed E-state index contributed by atoms with van der Waals surface area (Å²) < 4.78 is 31.6. The summed E-state index contributed by atoms with van der Waals surface area (Å²) in [6, 6.07) is 5.66. The predicted octanol–water partition coefficient (Wildman–Crippen LogP) is 3.20. The Labute approximate surface area is 174 Å². The second-order valence-electron chi connectivity index (χ2n) is 8.86. The van der Waals surface area contributed by atoms with E-state index in [4.69, 9.17) is 4.74 Å². The minimum atomic E-state index is -3.68. The van der Waals surface area contributed by atoms with Crippen LogP contribution in [-0.2, 0) is 19.6 Å². The number of carbonyl (C=O) groups is 2. The van der Waals surface area contributed by atoms with E-state index >= 15 is 0 Å². The van der Waals surface area contributed by atoms with Crippen LogP contribution in [0.3, 0.4) is 0 Å². The molecular formula is C21H34N2O5S. The highest BCUT2D eigenvalue weighted by Crippen LogP contribution is 2.26. The van der Waals surface area contributed by atoms with Crippen LogP contribution >= 0.6 is 0 Å². The zero-order valence-corrected chi connectivity index (χ0v) is 19.4. The fourth-order valence-corrected chi connectivity index (χ4v) is 5.00. The molecule has 8 heteroatoms. The molecule has 0 unspecified atom stereocenters. The van der Waals surface area contributed by atoms with Gasteiger partial charge < -0.3 is 10.1 Å². The van der Waals surface area contributed by atoms with E-state index in [1.807, 2.05) is 13.8 Å². The first-order valence-corrected chi connectivity index (χ1v) is 11.2. The smallest absolute Gasteiger partial charge is 0.338 e. The van der Waals surface area contributed by atoms with Crippen LogP contribution in [0.1, 0.15) is 65.2 Å². The Morgan fingerprint density at radius 2 is 1.66 bits per heavy atom. The average molecular weight is 427 g/mol. The minimum absolute atomic E-state index is 0.0198. The van der Waals surface area contributed by atoms with Gasteiger partial charge in [0.15, 0.2) is 6.61 Å². The van der Waals surface area contributed by atoms with Crippen LogP contribution in [0.25, 0.3) is 0 Å². The Bertz CT molecular complexity index is 822. The Morgan fingerprint density at radius 1 is 1.07 bits per heavy atom. The van der Waals surface area contributed by atoms with Crippen LogP contribution in [-0.4, -0.2) is 49.8 Å². The fraction of sp³-hybridized carbons (Fsp3) is 0.619. The zero-order valence-electron chi connectivity index (χ0n) is 18.5. The normalized spacial score (nSPS) is 12.7. The molecule has 0 spiro atoms. The monoisotopic (exact) mass is 426 g/mol. The maximum Gasteiger partial charge on any atom is 0.338 e. The molecule has 0 bridgehead atoms.